The van der Waals surface area contributed by atoms with Crippen molar-refractivity contribution in [2.45, 2.75) is 0 Å². The summed E-state index contributed by atoms with van der Waals surface area (Å²) in [5.74, 6) is -0.356. The van der Waals surface area contributed by atoms with Crippen molar-refractivity contribution in [1.29, 1.82) is 0 Å². The number of fused-ring (bicyclic) bond motifs is 1. The molecule has 32 heavy (non-hydrogen) atoms. The average Bonchev–Trinajstić information content (AvgIpc) is 3.14. The van der Waals surface area contributed by atoms with E-state index < -0.39 is 10.0 Å². The van der Waals surface area contributed by atoms with E-state index in [1.165, 1.54) is 35.6 Å². The predicted octanol–water partition coefficient (Wildman–Crippen LogP) is 2.31. The summed E-state index contributed by atoms with van der Waals surface area (Å²) in [6.45, 7) is 3.12. The molecule has 168 valence electrons. The number of benzene rings is 2. The third kappa shape index (κ3) is 5.23. The van der Waals surface area contributed by atoms with Gasteiger partial charge in [0.05, 0.1) is 16.5 Å². The molecule has 1 saturated heterocycles. The molecule has 0 spiro atoms. The summed E-state index contributed by atoms with van der Waals surface area (Å²) in [5, 5.41) is 3.18. The van der Waals surface area contributed by atoms with E-state index in [0.29, 0.717) is 40.6 Å². The Bertz CT molecular complexity index is 1260. The minimum Gasteiger partial charge on any atom is -0.336 e. The summed E-state index contributed by atoms with van der Waals surface area (Å²) in [5.41, 5.74) is 2.06. The lowest BCUT2D eigenvalue weighted by atomic mass is 10.1. The van der Waals surface area contributed by atoms with Crippen LogP contribution in [0, 0.1) is 0 Å². The molecule has 0 radical (unpaired) electrons. The monoisotopic (exact) mass is 473 g/mol. The topological polar surface area (TPSA) is 112 Å². The second kappa shape index (κ2) is 8.85. The highest BCUT2D eigenvalue weighted by molar-refractivity contribution is 7.92. The van der Waals surface area contributed by atoms with Gasteiger partial charge < -0.3 is 9.80 Å². The lowest BCUT2D eigenvalue weighted by molar-refractivity contribution is 0.0664. The quantitative estimate of drug-likeness (QED) is 0.588. The van der Waals surface area contributed by atoms with E-state index in [4.69, 9.17) is 0 Å². The van der Waals surface area contributed by atoms with Gasteiger partial charge >= 0.3 is 0 Å². The first kappa shape index (κ1) is 22.2. The fourth-order valence-corrected chi connectivity index (χ4v) is 4.84. The molecule has 4 rings (SSSR count). The molecule has 0 saturated carbocycles. The van der Waals surface area contributed by atoms with Gasteiger partial charge in [0.15, 0.2) is 5.13 Å². The summed E-state index contributed by atoms with van der Waals surface area (Å²) >= 11 is 1.30. The van der Waals surface area contributed by atoms with Crippen molar-refractivity contribution in [1.82, 2.24) is 14.8 Å². The zero-order chi connectivity index (χ0) is 22.9. The Balaban J connectivity index is 1.46. The average molecular weight is 474 g/mol. The Hall–Kier alpha value is -3.02. The fourth-order valence-electron chi connectivity index (χ4n) is 3.38. The molecule has 0 aliphatic carbocycles. The van der Waals surface area contributed by atoms with Gasteiger partial charge in [-0.05, 0) is 49.5 Å². The van der Waals surface area contributed by atoms with Crippen molar-refractivity contribution in [3.05, 3.63) is 53.6 Å². The number of sulfonamides is 1. The number of thiazole rings is 1. The third-order valence-corrected chi connectivity index (χ3v) is 6.64. The molecule has 0 unspecified atom stereocenters. The molecule has 2 amide bonds. The number of likely N-dealkylation sites (N-methyl/N-ethyl adjacent to an activating group) is 1. The first-order valence-corrected chi connectivity index (χ1v) is 12.7. The van der Waals surface area contributed by atoms with Crippen LogP contribution in [0.5, 0.6) is 0 Å². The number of hydrogen-bond acceptors (Lipinski definition) is 7. The molecule has 1 fully saturated rings. The smallest absolute Gasteiger partial charge is 0.257 e. The van der Waals surface area contributed by atoms with Crippen molar-refractivity contribution in [3.63, 3.8) is 0 Å². The Morgan fingerprint density at radius 3 is 2.31 bits per heavy atom. The molecule has 0 atom stereocenters. The number of anilines is 2. The first-order chi connectivity index (χ1) is 15.2. The van der Waals surface area contributed by atoms with Gasteiger partial charge in [-0.25, -0.2) is 13.4 Å². The summed E-state index contributed by atoms with van der Waals surface area (Å²) in [4.78, 5) is 33.8. The SMILES string of the molecule is CN1CCN(C(=O)c2ccc3nc(NC(=O)c4ccc(NS(C)(=O)=O)cc4)sc3c2)CC1. The van der Waals surface area contributed by atoms with Crippen molar-refractivity contribution in [2.75, 3.05) is 49.5 Å². The molecule has 2 aromatic carbocycles. The lowest BCUT2D eigenvalue weighted by Gasteiger charge is -2.32. The third-order valence-electron chi connectivity index (χ3n) is 5.10. The minimum atomic E-state index is -3.38. The van der Waals surface area contributed by atoms with Crippen LogP contribution in [-0.4, -0.2) is 74.5 Å². The summed E-state index contributed by atoms with van der Waals surface area (Å²) < 4.78 is 25.7. The van der Waals surface area contributed by atoms with E-state index in [1.54, 1.807) is 12.1 Å². The number of aromatic nitrogens is 1. The van der Waals surface area contributed by atoms with Crippen LogP contribution in [0.1, 0.15) is 20.7 Å². The van der Waals surface area contributed by atoms with Gasteiger partial charge in [-0.1, -0.05) is 11.3 Å². The Kier molecular flexibility index (Phi) is 6.13. The minimum absolute atomic E-state index is 0.00165. The van der Waals surface area contributed by atoms with E-state index in [-0.39, 0.29) is 11.8 Å². The maximum atomic E-state index is 12.8. The van der Waals surface area contributed by atoms with E-state index in [1.807, 2.05) is 18.0 Å². The number of hydrogen-bond donors (Lipinski definition) is 2. The van der Waals surface area contributed by atoms with E-state index in [0.717, 1.165) is 24.0 Å². The van der Waals surface area contributed by atoms with Gasteiger partial charge in [0.1, 0.15) is 0 Å². The molecule has 1 aliphatic rings. The van der Waals surface area contributed by atoms with Crippen LogP contribution in [0.25, 0.3) is 10.2 Å². The Labute approximate surface area is 190 Å². The van der Waals surface area contributed by atoms with Gasteiger partial charge in [-0.2, -0.15) is 0 Å². The number of carbonyl (C=O) groups is 2. The maximum absolute atomic E-state index is 12.8. The van der Waals surface area contributed by atoms with Crippen molar-refractivity contribution in [3.8, 4) is 0 Å². The summed E-state index contributed by atoms with van der Waals surface area (Å²) in [6, 6.07) is 11.5. The molecular formula is C21H23N5O4S2. The maximum Gasteiger partial charge on any atom is 0.257 e. The zero-order valence-corrected chi connectivity index (χ0v) is 19.3. The molecule has 0 bridgehead atoms. The zero-order valence-electron chi connectivity index (χ0n) is 17.7. The van der Waals surface area contributed by atoms with Crippen LogP contribution in [0.3, 0.4) is 0 Å². The van der Waals surface area contributed by atoms with Gasteiger partial charge in [-0.3, -0.25) is 19.6 Å². The predicted molar refractivity (Wildman–Crippen MR) is 126 cm³/mol. The molecule has 3 aromatic rings. The van der Waals surface area contributed by atoms with E-state index >= 15 is 0 Å². The van der Waals surface area contributed by atoms with Gasteiger partial charge in [0.25, 0.3) is 11.8 Å². The van der Waals surface area contributed by atoms with Crippen molar-refractivity contribution in [2.24, 2.45) is 0 Å². The Morgan fingerprint density at radius 1 is 1.00 bits per heavy atom. The fraction of sp³-hybridized carbons (Fsp3) is 0.286. The van der Waals surface area contributed by atoms with Crippen LogP contribution in [0.15, 0.2) is 42.5 Å². The van der Waals surface area contributed by atoms with Gasteiger partial charge in [0.2, 0.25) is 10.0 Å². The van der Waals surface area contributed by atoms with E-state index in [2.05, 4.69) is 19.9 Å². The van der Waals surface area contributed by atoms with Crippen molar-refractivity contribution >= 4 is 54.2 Å². The largest absolute Gasteiger partial charge is 0.336 e. The standard InChI is InChI=1S/C21H23N5O4S2/c1-25-9-11-26(12-10-25)20(28)15-5-8-17-18(13-15)31-21(22-17)23-19(27)14-3-6-16(7-4-14)24-32(2,29)30/h3-8,13,24H,9-12H2,1-2H3,(H,22,23,27). The molecule has 2 heterocycles. The van der Waals surface area contributed by atoms with Crippen LogP contribution in [0.4, 0.5) is 10.8 Å². The lowest BCUT2D eigenvalue weighted by Crippen LogP contribution is -2.47. The molecule has 1 aromatic heterocycles. The first-order valence-electron chi connectivity index (χ1n) is 9.95. The number of nitrogens with one attached hydrogen (secondary N) is 2. The van der Waals surface area contributed by atoms with Gasteiger partial charge in [-0.15, -0.1) is 0 Å². The Morgan fingerprint density at radius 2 is 1.66 bits per heavy atom. The van der Waals surface area contributed by atoms with Crippen LogP contribution >= 0.6 is 11.3 Å². The highest BCUT2D eigenvalue weighted by atomic mass is 32.2. The molecule has 2 N–H and O–H groups in total. The second-order valence-electron chi connectivity index (χ2n) is 7.70. The van der Waals surface area contributed by atoms with Crippen LogP contribution in [0.2, 0.25) is 0 Å². The van der Waals surface area contributed by atoms with Crippen molar-refractivity contribution < 1.29 is 18.0 Å². The van der Waals surface area contributed by atoms with Gasteiger partial charge in [0, 0.05) is 43.0 Å². The number of piperazine rings is 1. The van der Waals surface area contributed by atoms with Crippen LogP contribution < -0.4 is 10.0 Å². The number of carbonyl (C=O) groups excluding carboxylic acids is 2. The highest BCUT2D eigenvalue weighted by Gasteiger charge is 2.21. The normalized spacial score (nSPS) is 15.0. The number of rotatable bonds is 5. The van der Waals surface area contributed by atoms with Crippen LogP contribution in [-0.2, 0) is 10.0 Å². The molecule has 9 nitrogen and oxygen atoms in total. The second-order valence-corrected chi connectivity index (χ2v) is 10.5. The molecule has 11 heteroatoms. The molecule has 1 aliphatic heterocycles. The highest BCUT2D eigenvalue weighted by Crippen LogP contribution is 2.28. The number of amides is 2. The molecular weight excluding hydrogens is 450 g/mol. The summed E-state index contributed by atoms with van der Waals surface area (Å²) in [6.07, 6.45) is 1.06. The van der Waals surface area contributed by atoms with E-state index in [9.17, 15) is 18.0 Å². The summed E-state index contributed by atoms with van der Waals surface area (Å²) in [7, 11) is -1.34. The number of nitrogens with zero attached hydrogens (tertiary/aromatic N) is 3.